The molecule has 126 valence electrons. The third kappa shape index (κ3) is 3.55. The summed E-state index contributed by atoms with van der Waals surface area (Å²) in [5.41, 5.74) is 4.01. The smallest absolute Gasteiger partial charge is 0.131 e. The lowest BCUT2D eigenvalue weighted by Crippen LogP contribution is -2.25. The Kier molecular flexibility index (Phi) is 5.42. The van der Waals surface area contributed by atoms with Gasteiger partial charge in [0.2, 0.25) is 0 Å². The summed E-state index contributed by atoms with van der Waals surface area (Å²) >= 11 is 0. The molecule has 1 N–H and O–H groups in total. The number of nitrogens with one attached hydrogen (secondary N) is 1. The van der Waals surface area contributed by atoms with E-state index < -0.39 is 0 Å². The lowest BCUT2D eigenvalue weighted by Gasteiger charge is -2.24. The molecule has 0 saturated heterocycles. The number of halogens is 1. The summed E-state index contributed by atoms with van der Waals surface area (Å²) in [4.78, 5) is 0. The molecule has 0 bridgehead atoms. The molecule has 0 unspecified atom stereocenters. The van der Waals surface area contributed by atoms with Crippen molar-refractivity contribution in [3.63, 3.8) is 0 Å². The number of aromatic nitrogens is 2. The number of benzene rings is 1. The van der Waals surface area contributed by atoms with Crippen molar-refractivity contribution < 1.29 is 9.13 Å². The summed E-state index contributed by atoms with van der Waals surface area (Å²) in [7, 11) is 3.49. The Balaban J connectivity index is 2.25. The van der Waals surface area contributed by atoms with Crippen molar-refractivity contribution in [2.24, 2.45) is 7.05 Å². The van der Waals surface area contributed by atoms with Gasteiger partial charge in [-0.2, -0.15) is 5.10 Å². The van der Waals surface area contributed by atoms with Crippen molar-refractivity contribution in [3.05, 3.63) is 46.5 Å². The van der Waals surface area contributed by atoms with E-state index in [1.807, 2.05) is 25.6 Å². The van der Waals surface area contributed by atoms with Gasteiger partial charge in [-0.1, -0.05) is 13.0 Å². The first kappa shape index (κ1) is 17.5. The molecular formula is C18H26FN3O. The highest BCUT2D eigenvalue weighted by Crippen LogP contribution is 2.28. The van der Waals surface area contributed by atoms with E-state index in [2.05, 4.69) is 24.3 Å². The van der Waals surface area contributed by atoms with Gasteiger partial charge in [0.05, 0.1) is 12.8 Å². The molecule has 0 amide bonds. The second-order valence-corrected chi connectivity index (χ2v) is 5.94. The van der Waals surface area contributed by atoms with Gasteiger partial charge in [-0.15, -0.1) is 0 Å². The summed E-state index contributed by atoms with van der Waals surface area (Å²) in [5.74, 6) is 0.281. The molecule has 1 aromatic heterocycles. The molecule has 1 aromatic carbocycles. The predicted octanol–water partition coefficient (Wildman–Crippen LogP) is 3.99. The highest BCUT2D eigenvalue weighted by molar-refractivity contribution is 5.32. The first-order valence-electron chi connectivity index (χ1n) is 7.98. The van der Waals surface area contributed by atoms with Gasteiger partial charge in [-0.05, 0) is 33.3 Å². The van der Waals surface area contributed by atoms with Crippen LogP contribution in [0.25, 0.3) is 0 Å². The van der Waals surface area contributed by atoms with E-state index in [1.54, 1.807) is 12.1 Å². The van der Waals surface area contributed by atoms with Gasteiger partial charge >= 0.3 is 0 Å². The zero-order chi connectivity index (χ0) is 17.1. The first-order valence-corrected chi connectivity index (χ1v) is 7.98. The van der Waals surface area contributed by atoms with Gasteiger partial charge in [-0.25, -0.2) is 4.39 Å². The number of methoxy groups -OCH3 is 1. The van der Waals surface area contributed by atoms with Crippen LogP contribution in [0.3, 0.4) is 0 Å². The van der Waals surface area contributed by atoms with Crippen molar-refractivity contribution in [2.45, 2.75) is 46.2 Å². The van der Waals surface area contributed by atoms with E-state index in [4.69, 9.17) is 4.74 Å². The molecular weight excluding hydrogens is 293 g/mol. The number of hydrogen-bond donors (Lipinski definition) is 1. The number of rotatable bonds is 6. The largest absolute Gasteiger partial charge is 0.497 e. The summed E-state index contributed by atoms with van der Waals surface area (Å²) in [6.07, 6.45) is 0.912. The van der Waals surface area contributed by atoms with Crippen LogP contribution in [0.15, 0.2) is 18.2 Å². The average Bonchev–Trinajstić information content (AvgIpc) is 2.77. The van der Waals surface area contributed by atoms with Crippen LogP contribution in [0.4, 0.5) is 4.39 Å². The second kappa shape index (κ2) is 7.13. The summed E-state index contributed by atoms with van der Waals surface area (Å²) in [6, 6.07) is 5.03. The standard InChI is InChI=1S/C18H26FN3O/c1-7-17(18-12(3)21-22(5)13(18)4)20-11(2)15-9-8-14(23-6)10-16(15)19/h8-11,17,20H,7H2,1-6H3/t11-,17-/m1/s1. The maximum Gasteiger partial charge on any atom is 0.131 e. The third-order valence-electron chi connectivity index (χ3n) is 4.45. The van der Waals surface area contributed by atoms with Crippen molar-refractivity contribution >= 4 is 0 Å². The van der Waals surface area contributed by atoms with E-state index in [1.165, 1.54) is 18.7 Å². The number of hydrogen-bond acceptors (Lipinski definition) is 3. The first-order chi connectivity index (χ1) is 10.9. The average molecular weight is 319 g/mol. The quantitative estimate of drug-likeness (QED) is 0.875. The molecule has 2 rings (SSSR count). The fourth-order valence-electron chi connectivity index (χ4n) is 3.08. The lowest BCUT2D eigenvalue weighted by molar-refractivity contribution is 0.406. The number of ether oxygens (including phenoxy) is 1. The zero-order valence-corrected chi connectivity index (χ0v) is 14.8. The SMILES string of the molecule is CC[C@@H](N[C@H](C)c1ccc(OC)cc1F)c1c(C)nn(C)c1C. The Hall–Kier alpha value is -1.88. The molecule has 4 nitrogen and oxygen atoms in total. The molecule has 0 aliphatic rings. The van der Waals surface area contributed by atoms with E-state index in [9.17, 15) is 4.39 Å². The van der Waals surface area contributed by atoms with Crippen LogP contribution in [0, 0.1) is 19.7 Å². The highest BCUT2D eigenvalue weighted by atomic mass is 19.1. The fraction of sp³-hybridized carbons (Fsp3) is 0.500. The van der Waals surface area contributed by atoms with Crippen molar-refractivity contribution in [1.29, 1.82) is 0 Å². The molecule has 0 saturated carbocycles. The van der Waals surface area contributed by atoms with Crippen molar-refractivity contribution in [3.8, 4) is 5.75 Å². The molecule has 1 heterocycles. The maximum absolute atomic E-state index is 14.3. The van der Waals surface area contributed by atoms with Gasteiger partial charge in [0.25, 0.3) is 0 Å². The molecule has 0 radical (unpaired) electrons. The van der Waals surface area contributed by atoms with E-state index in [0.29, 0.717) is 11.3 Å². The zero-order valence-electron chi connectivity index (χ0n) is 14.8. The summed E-state index contributed by atoms with van der Waals surface area (Å²) < 4.78 is 21.2. The topological polar surface area (TPSA) is 39.1 Å². The Morgan fingerprint density at radius 3 is 2.52 bits per heavy atom. The normalized spacial score (nSPS) is 13.9. The van der Waals surface area contributed by atoms with Crippen molar-refractivity contribution in [2.75, 3.05) is 7.11 Å². The van der Waals surface area contributed by atoms with Crippen LogP contribution in [0.1, 0.15) is 54.9 Å². The molecule has 0 spiro atoms. The highest BCUT2D eigenvalue weighted by Gasteiger charge is 2.22. The van der Waals surface area contributed by atoms with E-state index >= 15 is 0 Å². The Labute approximate surface area is 137 Å². The molecule has 2 aromatic rings. The number of nitrogens with zero attached hydrogens (tertiary/aromatic N) is 2. The molecule has 0 aliphatic carbocycles. The molecule has 23 heavy (non-hydrogen) atoms. The monoisotopic (exact) mass is 319 g/mol. The molecule has 0 fully saturated rings. The van der Waals surface area contributed by atoms with Crippen LogP contribution in [0.2, 0.25) is 0 Å². The van der Waals surface area contributed by atoms with Gasteiger partial charge < -0.3 is 10.1 Å². The minimum absolute atomic E-state index is 0.107. The minimum Gasteiger partial charge on any atom is -0.497 e. The Bertz CT molecular complexity index is 681. The van der Waals surface area contributed by atoms with Crippen LogP contribution in [-0.2, 0) is 7.05 Å². The fourth-order valence-corrected chi connectivity index (χ4v) is 3.08. The molecule has 5 heteroatoms. The molecule has 0 aliphatic heterocycles. The third-order valence-corrected chi connectivity index (χ3v) is 4.45. The van der Waals surface area contributed by atoms with E-state index in [-0.39, 0.29) is 17.9 Å². The van der Waals surface area contributed by atoms with Gasteiger partial charge in [0.1, 0.15) is 11.6 Å². The van der Waals surface area contributed by atoms with Crippen LogP contribution < -0.4 is 10.1 Å². The van der Waals surface area contributed by atoms with Gasteiger partial charge in [0, 0.05) is 42.0 Å². The van der Waals surface area contributed by atoms with Gasteiger partial charge in [0.15, 0.2) is 0 Å². The van der Waals surface area contributed by atoms with Gasteiger partial charge in [-0.3, -0.25) is 4.68 Å². The van der Waals surface area contributed by atoms with Crippen LogP contribution in [-0.4, -0.2) is 16.9 Å². The lowest BCUT2D eigenvalue weighted by atomic mass is 9.99. The second-order valence-electron chi connectivity index (χ2n) is 5.94. The molecule has 2 atom stereocenters. The Morgan fingerprint density at radius 1 is 1.35 bits per heavy atom. The number of aryl methyl sites for hydroxylation is 2. The van der Waals surface area contributed by atoms with E-state index in [0.717, 1.165) is 17.8 Å². The summed E-state index contributed by atoms with van der Waals surface area (Å²) in [6.45, 7) is 8.19. The summed E-state index contributed by atoms with van der Waals surface area (Å²) in [5, 5.41) is 8.02. The minimum atomic E-state index is -0.251. The van der Waals surface area contributed by atoms with Crippen LogP contribution >= 0.6 is 0 Å². The van der Waals surface area contributed by atoms with Crippen molar-refractivity contribution in [1.82, 2.24) is 15.1 Å². The maximum atomic E-state index is 14.3. The Morgan fingerprint density at radius 2 is 2.04 bits per heavy atom. The predicted molar refractivity (Wildman–Crippen MR) is 90.2 cm³/mol. The van der Waals surface area contributed by atoms with Crippen LogP contribution in [0.5, 0.6) is 5.75 Å².